The molecule has 0 fully saturated rings. The SMILES string of the molecule is c1ccc(-c2nc3ccccc3c3c2cc(-c2cc(-n4c5ccccc5c5ccccc54)cc(-n4c5ccccc5c5ccccc54)c2)c2sc4ccccc4c23)cc1. The van der Waals surface area contributed by atoms with Crippen molar-refractivity contribution in [1.29, 1.82) is 0 Å². The average Bonchev–Trinajstić information content (AvgIpc) is 3.97. The van der Waals surface area contributed by atoms with Crippen molar-refractivity contribution >= 4 is 96.8 Å². The number of benzene rings is 9. The van der Waals surface area contributed by atoms with Crippen molar-refractivity contribution in [1.82, 2.24) is 14.1 Å². The molecule has 13 rings (SSSR count). The molecule has 3 nitrogen and oxygen atoms in total. The smallest absolute Gasteiger partial charge is 0.0788 e. The number of aromatic nitrogens is 3. The summed E-state index contributed by atoms with van der Waals surface area (Å²) in [6, 6.07) is 73.1. The van der Waals surface area contributed by atoms with Gasteiger partial charge >= 0.3 is 0 Å². The fourth-order valence-corrected chi connectivity index (χ4v) is 11.0. The van der Waals surface area contributed by atoms with E-state index in [0.29, 0.717) is 0 Å². The van der Waals surface area contributed by atoms with Gasteiger partial charge in [-0.1, -0.05) is 140 Å². The van der Waals surface area contributed by atoms with E-state index in [0.717, 1.165) is 39.1 Å². The Labute approximate surface area is 343 Å². The topological polar surface area (TPSA) is 22.8 Å². The van der Waals surface area contributed by atoms with Gasteiger partial charge in [-0.3, -0.25) is 0 Å². The zero-order valence-electron chi connectivity index (χ0n) is 31.8. The highest BCUT2D eigenvalue weighted by Crippen LogP contribution is 2.49. The molecule has 0 aliphatic carbocycles. The van der Waals surface area contributed by atoms with Gasteiger partial charge in [0.25, 0.3) is 0 Å². The molecule has 274 valence electrons. The van der Waals surface area contributed by atoms with E-state index in [-0.39, 0.29) is 0 Å². The van der Waals surface area contributed by atoms with E-state index >= 15 is 0 Å². The summed E-state index contributed by atoms with van der Waals surface area (Å²) in [5.74, 6) is 0. The zero-order valence-corrected chi connectivity index (χ0v) is 32.6. The van der Waals surface area contributed by atoms with Crippen molar-refractivity contribution in [2.24, 2.45) is 0 Å². The van der Waals surface area contributed by atoms with Gasteiger partial charge < -0.3 is 9.13 Å². The molecule has 0 radical (unpaired) electrons. The molecule has 0 N–H and O–H groups in total. The largest absolute Gasteiger partial charge is 0.309 e. The summed E-state index contributed by atoms with van der Waals surface area (Å²) in [4.78, 5) is 5.43. The zero-order chi connectivity index (χ0) is 38.6. The number of pyridine rings is 1. The fraction of sp³-hybridized carbons (Fsp3) is 0. The highest BCUT2D eigenvalue weighted by molar-refractivity contribution is 7.26. The second kappa shape index (κ2) is 12.5. The van der Waals surface area contributed by atoms with E-state index in [1.54, 1.807) is 0 Å². The summed E-state index contributed by atoms with van der Waals surface area (Å²) in [6.45, 7) is 0. The molecule has 4 heteroatoms. The molecule has 0 bridgehead atoms. The van der Waals surface area contributed by atoms with Crippen molar-refractivity contribution in [3.05, 3.63) is 200 Å². The number of rotatable bonds is 4. The van der Waals surface area contributed by atoms with Gasteiger partial charge in [0.2, 0.25) is 0 Å². The minimum absolute atomic E-state index is 0.999. The number of nitrogens with zero attached hydrogens (tertiary/aromatic N) is 3. The van der Waals surface area contributed by atoms with Gasteiger partial charge in [0.1, 0.15) is 0 Å². The molecule has 0 atom stereocenters. The summed E-state index contributed by atoms with van der Waals surface area (Å²) in [7, 11) is 0. The summed E-state index contributed by atoms with van der Waals surface area (Å²) in [5.41, 5.74) is 12.5. The minimum Gasteiger partial charge on any atom is -0.309 e. The average molecular weight is 768 g/mol. The third kappa shape index (κ3) is 4.72. The molecule has 4 aromatic heterocycles. The van der Waals surface area contributed by atoms with Crippen LogP contribution in [0, 0.1) is 0 Å². The van der Waals surface area contributed by atoms with E-state index in [1.807, 2.05) is 11.3 Å². The van der Waals surface area contributed by atoms with Crippen LogP contribution < -0.4 is 0 Å². The Bertz CT molecular complexity index is 3610. The van der Waals surface area contributed by atoms with Gasteiger partial charge in [-0.2, -0.15) is 0 Å². The third-order valence-corrected chi connectivity index (χ3v) is 13.5. The summed E-state index contributed by atoms with van der Waals surface area (Å²) < 4.78 is 7.47. The first-order chi connectivity index (χ1) is 29.3. The second-order valence-electron chi connectivity index (χ2n) is 15.5. The van der Waals surface area contributed by atoms with Gasteiger partial charge in [-0.05, 0) is 66.2 Å². The molecule has 0 saturated heterocycles. The van der Waals surface area contributed by atoms with E-state index in [1.165, 1.54) is 80.1 Å². The Morgan fingerprint density at radius 2 is 0.831 bits per heavy atom. The van der Waals surface area contributed by atoms with Crippen LogP contribution in [0.5, 0.6) is 0 Å². The predicted molar refractivity (Wildman–Crippen MR) is 252 cm³/mol. The maximum atomic E-state index is 5.43. The molecule has 0 saturated carbocycles. The van der Waals surface area contributed by atoms with Crippen LogP contribution in [0.3, 0.4) is 0 Å². The Morgan fingerprint density at radius 3 is 1.41 bits per heavy atom. The molecular formula is C55H33N3S. The van der Waals surface area contributed by atoms with Crippen molar-refractivity contribution in [2.45, 2.75) is 0 Å². The standard InChI is InChI=1S/C55H33N3S/c1-2-16-34(17-3-1)54-45-33-44(55-53(43-23-9-15-29-51(43)59-55)52(45)42-22-4-10-24-46(42)56-54)35-30-36(57-47-25-11-5-18-38(47)39-19-6-12-26-48(39)57)32-37(31-35)58-49-27-13-7-20-40(49)41-21-8-14-28-50(41)58/h1-33H. The Balaban J connectivity index is 1.22. The lowest BCUT2D eigenvalue weighted by molar-refractivity contribution is 1.13. The molecule has 0 aliphatic heterocycles. The molecular weight excluding hydrogens is 735 g/mol. The maximum absolute atomic E-state index is 5.43. The van der Waals surface area contributed by atoms with Crippen LogP contribution in [0.25, 0.3) is 119 Å². The van der Waals surface area contributed by atoms with Crippen LogP contribution in [-0.4, -0.2) is 14.1 Å². The number of fused-ring (bicyclic) bond motifs is 13. The van der Waals surface area contributed by atoms with Crippen LogP contribution in [0.4, 0.5) is 0 Å². The van der Waals surface area contributed by atoms with Gasteiger partial charge in [0.15, 0.2) is 0 Å². The molecule has 59 heavy (non-hydrogen) atoms. The lowest BCUT2D eigenvalue weighted by Gasteiger charge is -2.18. The monoisotopic (exact) mass is 767 g/mol. The Hall–Kier alpha value is -7.53. The molecule has 0 aliphatic rings. The molecule has 4 heterocycles. The van der Waals surface area contributed by atoms with Crippen LogP contribution in [0.1, 0.15) is 0 Å². The fourth-order valence-electron chi connectivity index (χ4n) is 9.77. The van der Waals surface area contributed by atoms with Gasteiger partial charge in [0, 0.05) is 80.4 Å². The molecule has 13 aromatic rings. The van der Waals surface area contributed by atoms with E-state index < -0.39 is 0 Å². The lowest BCUT2D eigenvalue weighted by atomic mass is 9.92. The van der Waals surface area contributed by atoms with Crippen LogP contribution in [0.15, 0.2) is 200 Å². The second-order valence-corrected chi connectivity index (χ2v) is 16.5. The summed E-state index contributed by atoms with van der Waals surface area (Å²) in [5, 5.41) is 11.1. The molecule has 0 spiro atoms. The van der Waals surface area contributed by atoms with Crippen molar-refractivity contribution in [3.63, 3.8) is 0 Å². The molecule has 0 unspecified atom stereocenters. The van der Waals surface area contributed by atoms with Crippen LogP contribution in [0.2, 0.25) is 0 Å². The first kappa shape index (κ1) is 32.5. The number of hydrogen-bond acceptors (Lipinski definition) is 2. The van der Waals surface area contributed by atoms with Crippen molar-refractivity contribution in [2.75, 3.05) is 0 Å². The maximum Gasteiger partial charge on any atom is 0.0788 e. The Morgan fingerprint density at radius 1 is 0.356 bits per heavy atom. The van der Waals surface area contributed by atoms with Gasteiger partial charge in [-0.25, -0.2) is 4.98 Å². The normalized spacial score (nSPS) is 12.1. The van der Waals surface area contributed by atoms with Crippen LogP contribution >= 0.6 is 11.3 Å². The summed E-state index contributed by atoms with van der Waals surface area (Å²) in [6.07, 6.45) is 0. The lowest BCUT2D eigenvalue weighted by Crippen LogP contribution is -2.00. The molecule has 9 aromatic carbocycles. The highest BCUT2D eigenvalue weighted by atomic mass is 32.1. The highest BCUT2D eigenvalue weighted by Gasteiger charge is 2.22. The van der Waals surface area contributed by atoms with Crippen LogP contribution in [-0.2, 0) is 0 Å². The predicted octanol–water partition coefficient (Wildman–Crippen LogP) is 15.3. The van der Waals surface area contributed by atoms with Crippen molar-refractivity contribution in [3.8, 4) is 33.8 Å². The number of hydrogen-bond donors (Lipinski definition) is 0. The third-order valence-electron chi connectivity index (χ3n) is 12.2. The first-order valence-electron chi connectivity index (χ1n) is 20.1. The van der Waals surface area contributed by atoms with E-state index in [2.05, 4.69) is 209 Å². The van der Waals surface area contributed by atoms with Gasteiger partial charge in [-0.15, -0.1) is 11.3 Å². The first-order valence-corrected chi connectivity index (χ1v) is 20.9. The van der Waals surface area contributed by atoms with Crippen molar-refractivity contribution < 1.29 is 0 Å². The number of thiophene rings is 1. The van der Waals surface area contributed by atoms with E-state index in [4.69, 9.17) is 4.98 Å². The molecule has 0 amide bonds. The Kier molecular flexibility index (Phi) is 6.89. The summed E-state index contributed by atoms with van der Waals surface area (Å²) >= 11 is 1.89. The quantitative estimate of drug-likeness (QED) is 0.164. The minimum atomic E-state index is 0.999. The van der Waals surface area contributed by atoms with Gasteiger partial charge in [0.05, 0.1) is 33.3 Å². The number of para-hydroxylation sites is 5. The van der Waals surface area contributed by atoms with E-state index in [9.17, 15) is 0 Å².